The first-order valence-corrected chi connectivity index (χ1v) is 12.5. The van der Waals surface area contributed by atoms with Gasteiger partial charge in [0.1, 0.15) is 22.8 Å². The van der Waals surface area contributed by atoms with Crippen LogP contribution >= 0.6 is 0 Å². The van der Waals surface area contributed by atoms with Crippen molar-refractivity contribution in [1.29, 1.82) is 0 Å². The maximum absolute atomic E-state index is 10.4. The largest absolute Gasteiger partial charge is 0.506 e. The fourth-order valence-electron chi connectivity index (χ4n) is 5.04. The van der Waals surface area contributed by atoms with E-state index in [2.05, 4.69) is 45.9 Å². The van der Waals surface area contributed by atoms with Gasteiger partial charge in [-0.05, 0) is 46.8 Å². The van der Waals surface area contributed by atoms with Crippen LogP contribution in [0.3, 0.4) is 0 Å². The standard InChI is InChI=1S/C33H22N3O3.Pt/c1-38-30-20-32(35-33-26(30)11-7-13-29(33)37)39-23-14-15-25-24-10-5-6-12-27(24)36(28(25)19-23)31-18-22(16-17-34-31)21-8-3-2-4-9-21;/h2-18,20,37H,1H3;/q-1;. The summed E-state index contributed by atoms with van der Waals surface area (Å²) < 4.78 is 13.8. The summed E-state index contributed by atoms with van der Waals surface area (Å²) in [6.07, 6.45) is 1.83. The average molecular weight is 704 g/mol. The number of methoxy groups -OCH3 is 1. The van der Waals surface area contributed by atoms with Gasteiger partial charge in [-0.1, -0.05) is 60.1 Å². The summed E-state index contributed by atoms with van der Waals surface area (Å²) in [5.41, 5.74) is 4.46. The first-order chi connectivity index (χ1) is 19.2. The first kappa shape index (κ1) is 25.6. The van der Waals surface area contributed by atoms with Crippen molar-refractivity contribution in [3.63, 3.8) is 0 Å². The van der Waals surface area contributed by atoms with Gasteiger partial charge in [0.25, 0.3) is 0 Å². The maximum Gasteiger partial charge on any atom is 0.221 e. The van der Waals surface area contributed by atoms with Crippen LogP contribution in [0.4, 0.5) is 0 Å². The molecule has 40 heavy (non-hydrogen) atoms. The fraction of sp³-hybridized carbons (Fsp3) is 0.0303. The minimum Gasteiger partial charge on any atom is -0.506 e. The number of phenols is 1. The van der Waals surface area contributed by atoms with Crippen LogP contribution in [0.1, 0.15) is 0 Å². The van der Waals surface area contributed by atoms with E-state index in [-0.39, 0.29) is 26.8 Å². The number of benzene rings is 4. The van der Waals surface area contributed by atoms with E-state index in [1.54, 1.807) is 25.3 Å². The smallest absolute Gasteiger partial charge is 0.221 e. The number of hydrogen-bond acceptors (Lipinski definition) is 5. The number of aromatic nitrogens is 3. The maximum atomic E-state index is 10.4. The van der Waals surface area contributed by atoms with E-state index in [4.69, 9.17) is 14.5 Å². The molecule has 3 heterocycles. The molecule has 198 valence electrons. The Labute approximate surface area is 244 Å². The Morgan fingerprint density at radius 3 is 2.42 bits per heavy atom. The van der Waals surface area contributed by atoms with Crippen LogP contribution < -0.4 is 9.47 Å². The number of phenolic OH excluding ortho intramolecular Hbond substituents is 1. The molecule has 0 atom stereocenters. The Bertz CT molecular complexity index is 2000. The van der Waals surface area contributed by atoms with Crippen LogP contribution in [0, 0.1) is 6.07 Å². The van der Waals surface area contributed by atoms with E-state index in [1.807, 2.05) is 60.8 Å². The number of rotatable bonds is 5. The first-order valence-electron chi connectivity index (χ1n) is 12.5. The van der Waals surface area contributed by atoms with Gasteiger partial charge in [0, 0.05) is 50.0 Å². The topological polar surface area (TPSA) is 69.4 Å². The van der Waals surface area contributed by atoms with Crippen molar-refractivity contribution >= 4 is 32.7 Å². The molecule has 0 amide bonds. The second-order valence-corrected chi connectivity index (χ2v) is 9.14. The number of para-hydroxylation sites is 2. The average Bonchev–Trinajstić information content (AvgIpc) is 3.31. The zero-order chi connectivity index (χ0) is 26.3. The number of pyridine rings is 2. The van der Waals surface area contributed by atoms with Crippen molar-refractivity contribution in [2.45, 2.75) is 0 Å². The quantitative estimate of drug-likeness (QED) is 0.186. The summed E-state index contributed by atoms with van der Waals surface area (Å²) in [4.78, 5) is 9.27. The minimum atomic E-state index is 0. The minimum absolute atomic E-state index is 0. The number of hydrogen-bond donors (Lipinski definition) is 1. The van der Waals surface area contributed by atoms with E-state index in [9.17, 15) is 5.11 Å². The van der Waals surface area contributed by atoms with Crippen LogP contribution in [-0.4, -0.2) is 26.8 Å². The van der Waals surface area contributed by atoms with E-state index < -0.39 is 0 Å². The molecular weight excluding hydrogens is 681 g/mol. The van der Waals surface area contributed by atoms with Crippen molar-refractivity contribution < 1.29 is 35.6 Å². The van der Waals surface area contributed by atoms with Gasteiger partial charge >= 0.3 is 0 Å². The molecular formula is C33H22N3O3Pt-. The Morgan fingerprint density at radius 2 is 1.57 bits per heavy atom. The van der Waals surface area contributed by atoms with Gasteiger partial charge < -0.3 is 19.1 Å². The van der Waals surface area contributed by atoms with Gasteiger partial charge in [-0.3, -0.25) is 0 Å². The zero-order valence-corrected chi connectivity index (χ0v) is 23.6. The second kappa shape index (κ2) is 10.5. The molecule has 0 fully saturated rings. The third-order valence-corrected chi connectivity index (χ3v) is 6.83. The van der Waals surface area contributed by atoms with Crippen LogP contribution in [0.2, 0.25) is 0 Å². The van der Waals surface area contributed by atoms with Crippen LogP contribution in [0.5, 0.6) is 23.1 Å². The molecule has 0 saturated heterocycles. The van der Waals surface area contributed by atoms with E-state index in [0.717, 1.165) is 38.8 Å². The molecule has 0 spiro atoms. The molecule has 1 N–H and O–H groups in total. The van der Waals surface area contributed by atoms with Crippen molar-refractivity contribution in [2.75, 3.05) is 7.11 Å². The normalized spacial score (nSPS) is 11.0. The Kier molecular flexibility index (Phi) is 6.70. The second-order valence-electron chi connectivity index (χ2n) is 9.14. The molecule has 3 aromatic heterocycles. The van der Waals surface area contributed by atoms with Gasteiger partial charge in [-0.2, -0.15) is 6.07 Å². The van der Waals surface area contributed by atoms with Crippen molar-refractivity contribution in [2.24, 2.45) is 0 Å². The third kappa shape index (κ3) is 4.37. The molecule has 0 unspecified atom stereocenters. The van der Waals surface area contributed by atoms with Gasteiger partial charge in [0.2, 0.25) is 5.88 Å². The Balaban J connectivity index is 0.00000289. The molecule has 4 aromatic carbocycles. The van der Waals surface area contributed by atoms with E-state index in [1.165, 1.54) is 0 Å². The number of nitrogens with zero attached hydrogens (tertiary/aromatic N) is 3. The van der Waals surface area contributed by atoms with Crippen LogP contribution in [0.15, 0.2) is 109 Å². The molecule has 0 aliphatic rings. The Hall–Kier alpha value is -4.67. The van der Waals surface area contributed by atoms with Crippen molar-refractivity contribution in [3.8, 4) is 40.1 Å². The number of aromatic hydroxyl groups is 1. The fourth-order valence-corrected chi connectivity index (χ4v) is 5.04. The van der Waals surface area contributed by atoms with Gasteiger partial charge in [-0.15, -0.1) is 17.5 Å². The number of fused-ring (bicyclic) bond motifs is 4. The molecule has 7 heteroatoms. The van der Waals surface area contributed by atoms with Crippen molar-refractivity contribution in [3.05, 3.63) is 115 Å². The molecule has 0 bridgehead atoms. The predicted octanol–water partition coefficient (Wildman–Crippen LogP) is 7.70. The summed E-state index contributed by atoms with van der Waals surface area (Å²) in [6, 6.07) is 36.8. The zero-order valence-electron chi connectivity index (χ0n) is 21.3. The van der Waals surface area contributed by atoms with Gasteiger partial charge in [-0.25, -0.2) is 9.97 Å². The molecule has 0 aliphatic heterocycles. The molecule has 0 aliphatic carbocycles. The summed E-state index contributed by atoms with van der Waals surface area (Å²) >= 11 is 0. The van der Waals surface area contributed by atoms with Crippen LogP contribution in [0.25, 0.3) is 49.7 Å². The summed E-state index contributed by atoms with van der Waals surface area (Å²) in [6.45, 7) is 0. The molecule has 7 aromatic rings. The number of ether oxygens (including phenoxy) is 2. The van der Waals surface area contributed by atoms with E-state index >= 15 is 0 Å². The van der Waals surface area contributed by atoms with Gasteiger partial charge in [0.15, 0.2) is 0 Å². The summed E-state index contributed by atoms with van der Waals surface area (Å²) in [5, 5.41) is 13.2. The molecule has 0 radical (unpaired) electrons. The molecule has 0 saturated carbocycles. The van der Waals surface area contributed by atoms with Gasteiger partial charge in [0.05, 0.1) is 7.11 Å². The summed E-state index contributed by atoms with van der Waals surface area (Å²) in [7, 11) is 1.58. The third-order valence-electron chi connectivity index (χ3n) is 6.83. The van der Waals surface area contributed by atoms with E-state index in [0.29, 0.717) is 28.3 Å². The SMILES string of the molecule is COc1cc(Oc2[c-]c3c(cc2)c2ccccc2n3-c2cc(-c3ccccc3)ccn2)nc2c(O)cccc12.[Pt]. The van der Waals surface area contributed by atoms with Crippen molar-refractivity contribution in [1.82, 2.24) is 14.5 Å². The monoisotopic (exact) mass is 703 g/mol. The summed E-state index contributed by atoms with van der Waals surface area (Å²) in [5.74, 6) is 2.17. The molecule has 6 nitrogen and oxygen atoms in total. The van der Waals surface area contributed by atoms with Crippen LogP contribution in [-0.2, 0) is 21.1 Å². The molecule has 7 rings (SSSR count). The Morgan fingerprint density at radius 1 is 0.775 bits per heavy atom. The predicted molar refractivity (Wildman–Crippen MR) is 153 cm³/mol.